The third kappa shape index (κ3) is 3.34. The highest BCUT2D eigenvalue weighted by molar-refractivity contribution is 7.93. The van der Waals surface area contributed by atoms with Gasteiger partial charge in [0.2, 0.25) is 10.0 Å². The summed E-state index contributed by atoms with van der Waals surface area (Å²) in [6.07, 6.45) is -0.128. The molecule has 0 aromatic heterocycles. The Morgan fingerprint density at radius 2 is 2.08 bits per heavy atom. The van der Waals surface area contributed by atoms with Crippen LogP contribution in [0.25, 0.3) is 0 Å². The highest BCUT2D eigenvalue weighted by Gasteiger charge is 2.40. The molecule has 0 bridgehead atoms. The van der Waals surface area contributed by atoms with E-state index in [4.69, 9.17) is 4.74 Å². The predicted octanol–water partition coefficient (Wildman–Crippen LogP) is -0.0251. The van der Waals surface area contributed by atoms with E-state index in [0.717, 1.165) is 0 Å². The van der Waals surface area contributed by atoms with Crippen molar-refractivity contribution in [2.45, 2.75) is 25.0 Å². The van der Waals surface area contributed by atoms with Gasteiger partial charge in [0.15, 0.2) is 0 Å². The first kappa shape index (κ1) is 17.7. The number of anilines is 1. The van der Waals surface area contributed by atoms with Crippen molar-refractivity contribution < 1.29 is 27.9 Å². The number of methoxy groups -OCH3 is 1. The van der Waals surface area contributed by atoms with Crippen LogP contribution in [0.15, 0.2) is 24.3 Å². The van der Waals surface area contributed by atoms with Gasteiger partial charge in [-0.05, 0) is 24.6 Å². The lowest BCUT2D eigenvalue weighted by Crippen LogP contribution is -2.41. The molecule has 1 aromatic carbocycles. The predicted molar refractivity (Wildman–Crippen MR) is 89.7 cm³/mol. The number of hydrogen-bond acceptors (Lipinski definition) is 6. The second-order valence-corrected chi connectivity index (χ2v) is 8.19. The molecule has 1 N–H and O–H groups in total. The highest BCUT2D eigenvalue weighted by Crippen LogP contribution is 2.27. The van der Waals surface area contributed by atoms with Crippen molar-refractivity contribution in [1.29, 1.82) is 0 Å². The van der Waals surface area contributed by atoms with Gasteiger partial charge >= 0.3 is 5.97 Å². The first-order valence-electron chi connectivity index (χ1n) is 8.01. The average Bonchev–Trinajstić information content (AvgIpc) is 3.15. The molecule has 9 heteroatoms. The molecule has 2 aliphatic heterocycles. The Morgan fingerprint density at radius 3 is 2.72 bits per heavy atom. The Morgan fingerprint density at radius 1 is 1.32 bits per heavy atom. The summed E-state index contributed by atoms with van der Waals surface area (Å²) in [7, 11) is -2.11. The van der Waals surface area contributed by atoms with Gasteiger partial charge in [-0.3, -0.25) is 9.10 Å². The summed E-state index contributed by atoms with van der Waals surface area (Å²) < 4.78 is 30.1. The zero-order valence-electron chi connectivity index (χ0n) is 13.8. The molecule has 2 aliphatic rings. The lowest BCUT2D eigenvalue weighted by Gasteiger charge is -2.23. The zero-order valence-corrected chi connectivity index (χ0v) is 14.6. The first-order chi connectivity index (χ1) is 11.8. The number of benzene rings is 1. The molecule has 0 spiro atoms. The summed E-state index contributed by atoms with van der Waals surface area (Å²) in [5.74, 6) is -0.929. The molecule has 2 atom stereocenters. The molecule has 0 radical (unpaired) electrons. The number of carbonyl (C=O) groups is 2. The minimum absolute atomic E-state index is 0.0326. The molecular formula is C16H20N2O6S. The smallest absolute Gasteiger partial charge is 0.328 e. The van der Waals surface area contributed by atoms with Gasteiger partial charge in [0, 0.05) is 25.1 Å². The summed E-state index contributed by atoms with van der Waals surface area (Å²) in [5, 5.41) is 9.82. The maximum absolute atomic E-state index is 12.8. The van der Waals surface area contributed by atoms with Crippen LogP contribution in [-0.4, -0.2) is 68.4 Å². The van der Waals surface area contributed by atoms with E-state index in [2.05, 4.69) is 0 Å². The number of sulfonamides is 1. The van der Waals surface area contributed by atoms with Crippen LogP contribution >= 0.6 is 0 Å². The van der Waals surface area contributed by atoms with Crippen LogP contribution < -0.4 is 4.31 Å². The number of amides is 1. The quantitative estimate of drug-likeness (QED) is 0.752. The third-order valence-corrected chi connectivity index (χ3v) is 6.36. The minimum atomic E-state index is -3.34. The molecule has 8 nitrogen and oxygen atoms in total. The van der Waals surface area contributed by atoms with Crippen molar-refractivity contribution in [3.63, 3.8) is 0 Å². The number of rotatable bonds is 3. The number of likely N-dealkylation sites (tertiary alicyclic amines) is 1. The van der Waals surface area contributed by atoms with Crippen molar-refractivity contribution in [3.05, 3.63) is 29.8 Å². The summed E-state index contributed by atoms with van der Waals surface area (Å²) >= 11 is 0. The number of nitrogens with zero attached hydrogens (tertiary/aromatic N) is 2. The molecule has 1 amide bonds. The number of hydrogen-bond donors (Lipinski definition) is 1. The fourth-order valence-electron chi connectivity index (χ4n) is 3.29. The lowest BCUT2D eigenvalue weighted by atomic mass is 10.1. The van der Waals surface area contributed by atoms with Gasteiger partial charge in [0.25, 0.3) is 5.91 Å². The topological polar surface area (TPSA) is 104 Å². The van der Waals surface area contributed by atoms with Crippen LogP contribution in [-0.2, 0) is 19.6 Å². The van der Waals surface area contributed by atoms with Gasteiger partial charge in [-0.15, -0.1) is 0 Å². The molecule has 0 aliphatic carbocycles. The Balaban J connectivity index is 1.88. The van der Waals surface area contributed by atoms with Crippen LogP contribution in [0, 0.1) is 0 Å². The molecular weight excluding hydrogens is 348 g/mol. The number of esters is 1. The lowest BCUT2D eigenvalue weighted by molar-refractivity contribution is -0.145. The molecule has 136 valence electrons. The monoisotopic (exact) mass is 368 g/mol. The Hall–Kier alpha value is -2.13. The van der Waals surface area contributed by atoms with Gasteiger partial charge in [0.05, 0.1) is 24.7 Å². The Kier molecular flexibility index (Phi) is 4.70. The van der Waals surface area contributed by atoms with Crippen molar-refractivity contribution in [1.82, 2.24) is 4.90 Å². The summed E-state index contributed by atoms with van der Waals surface area (Å²) in [5.41, 5.74) is 0.695. The normalized spacial score (nSPS) is 25.2. The summed E-state index contributed by atoms with van der Waals surface area (Å²) in [6.45, 7) is 0.415. The van der Waals surface area contributed by atoms with Gasteiger partial charge in [-0.25, -0.2) is 13.2 Å². The standard InChI is InChI=1S/C16H20N2O6S/c1-24-16(21)14-9-13(19)10-17(14)15(20)11-4-2-5-12(8-11)18-6-3-7-25(18,22)23/h2,4-5,8,13-14,19H,3,6-7,9-10H2,1H3/t13-,14-/m0/s1. The molecule has 0 unspecified atom stereocenters. The van der Waals surface area contributed by atoms with E-state index in [1.54, 1.807) is 18.2 Å². The van der Waals surface area contributed by atoms with Gasteiger partial charge in [-0.2, -0.15) is 0 Å². The number of carbonyl (C=O) groups excluding carboxylic acids is 2. The molecule has 2 saturated heterocycles. The average molecular weight is 368 g/mol. The van der Waals surface area contributed by atoms with Crippen LogP contribution in [0.3, 0.4) is 0 Å². The molecule has 3 rings (SSSR count). The van der Waals surface area contributed by atoms with E-state index in [1.807, 2.05) is 0 Å². The Labute approximate surface area is 146 Å². The van der Waals surface area contributed by atoms with Gasteiger partial charge in [0.1, 0.15) is 6.04 Å². The minimum Gasteiger partial charge on any atom is -0.467 e. The maximum Gasteiger partial charge on any atom is 0.328 e. The zero-order chi connectivity index (χ0) is 18.2. The van der Waals surface area contributed by atoms with Crippen LogP contribution in [0.4, 0.5) is 5.69 Å². The van der Waals surface area contributed by atoms with E-state index in [1.165, 1.54) is 22.4 Å². The first-order valence-corrected chi connectivity index (χ1v) is 9.62. The van der Waals surface area contributed by atoms with E-state index in [9.17, 15) is 23.1 Å². The second kappa shape index (κ2) is 6.64. The van der Waals surface area contributed by atoms with Crippen molar-refractivity contribution in [2.24, 2.45) is 0 Å². The van der Waals surface area contributed by atoms with Crippen molar-refractivity contribution in [2.75, 3.05) is 30.3 Å². The van der Waals surface area contributed by atoms with Crippen molar-refractivity contribution >= 4 is 27.6 Å². The summed E-state index contributed by atoms with van der Waals surface area (Å²) in [4.78, 5) is 25.9. The number of aliphatic hydroxyl groups excluding tert-OH is 1. The molecule has 2 fully saturated rings. The van der Waals surface area contributed by atoms with Crippen LogP contribution in [0.2, 0.25) is 0 Å². The molecule has 1 aromatic rings. The van der Waals surface area contributed by atoms with E-state index in [-0.39, 0.29) is 24.3 Å². The van der Waals surface area contributed by atoms with Gasteiger partial charge < -0.3 is 14.7 Å². The summed E-state index contributed by atoms with van der Waals surface area (Å²) in [6, 6.07) is 5.47. The van der Waals surface area contributed by atoms with Crippen LogP contribution in [0.1, 0.15) is 23.2 Å². The fraction of sp³-hybridized carbons (Fsp3) is 0.500. The molecule has 25 heavy (non-hydrogen) atoms. The third-order valence-electron chi connectivity index (χ3n) is 4.49. The van der Waals surface area contributed by atoms with Crippen LogP contribution in [0.5, 0.6) is 0 Å². The van der Waals surface area contributed by atoms with Crippen molar-refractivity contribution in [3.8, 4) is 0 Å². The van der Waals surface area contributed by atoms with E-state index in [0.29, 0.717) is 18.7 Å². The highest BCUT2D eigenvalue weighted by atomic mass is 32.2. The van der Waals surface area contributed by atoms with Gasteiger partial charge in [-0.1, -0.05) is 6.07 Å². The number of ether oxygens (including phenoxy) is 1. The number of β-amino-alcohol motifs (C(OH)–C–C–N with tert-alkyl or cyclic N) is 1. The van der Waals surface area contributed by atoms with E-state index >= 15 is 0 Å². The second-order valence-electron chi connectivity index (χ2n) is 6.18. The maximum atomic E-state index is 12.8. The number of aliphatic hydroxyl groups is 1. The van der Waals surface area contributed by atoms with E-state index < -0.39 is 34.0 Å². The molecule has 2 heterocycles. The molecule has 0 saturated carbocycles. The largest absolute Gasteiger partial charge is 0.467 e. The SMILES string of the molecule is COC(=O)[C@@H]1C[C@H](O)CN1C(=O)c1cccc(N2CCCS2(=O)=O)c1. The fourth-order valence-corrected chi connectivity index (χ4v) is 4.84. The Bertz CT molecular complexity index is 794.